The highest BCUT2D eigenvalue weighted by molar-refractivity contribution is 6.03. The van der Waals surface area contributed by atoms with Gasteiger partial charge in [-0.25, -0.2) is 4.84 Å². The van der Waals surface area contributed by atoms with Crippen LogP contribution in [-0.4, -0.2) is 92.2 Å². The van der Waals surface area contributed by atoms with Crippen LogP contribution in [0.2, 0.25) is 0 Å². The number of hydroxylamine groups is 5. The van der Waals surface area contributed by atoms with E-state index >= 15 is 0 Å². The Balaban J connectivity index is 1.81. The highest BCUT2D eigenvalue weighted by atomic mass is 16.7. The number of likely N-dealkylation sites (N-methyl/N-ethyl adjacent to an activating group) is 1. The Kier molecular flexibility index (Phi) is 9.55. The van der Waals surface area contributed by atoms with Crippen molar-refractivity contribution in [3.8, 4) is 0 Å². The van der Waals surface area contributed by atoms with Gasteiger partial charge in [-0.1, -0.05) is 25.1 Å². The second-order valence-corrected chi connectivity index (χ2v) is 9.15. The van der Waals surface area contributed by atoms with Crippen molar-refractivity contribution in [2.45, 2.75) is 31.8 Å². The van der Waals surface area contributed by atoms with Gasteiger partial charge in [-0.15, -0.1) is 0 Å². The van der Waals surface area contributed by atoms with Crippen LogP contribution in [0.3, 0.4) is 0 Å². The molecule has 3 N–H and O–H groups in total. The first kappa shape index (κ1) is 27.0. The fraction of sp³-hybridized carbons (Fsp3) is 0.520. The van der Waals surface area contributed by atoms with Crippen LogP contribution in [0.15, 0.2) is 48.2 Å². The van der Waals surface area contributed by atoms with Crippen LogP contribution in [0.1, 0.15) is 18.9 Å². The molecule has 0 aliphatic carbocycles. The molecule has 2 heterocycles. The van der Waals surface area contributed by atoms with Crippen LogP contribution < -0.4 is 15.5 Å². The Bertz CT molecular complexity index is 952. The summed E-state index contributed by atoms with van der Waals surface area (Å²) in [5.41, 5.74) is 2.25. The first-order valence-corrected chi connectivity index (χ1v) is 12.0. The molecule has 3 atom stereocenters. The summed E-state index contributed by atoms with van der Waals surface area (Å²) in [5.74, 6) is -0.607. The van der Waals surface area contributed by atoms with Crippen molar-refractivity contribution in [3.63, 3.8) is 0 Å². The molecule has 1 unspecified atom stereocenters. The number of hydrogen-bond donors (Lipinski definition) is 3. The lowest BCUT2D eigenvalue weighted by Crippen LogP contribution is -2.55. The number of hydrogen-bond acceptors (Lipinski definition) is 7. The number of para-hydroxylation sites is 1. The molecule has 0 spiro atoms. The lowest BCUT2D eigenvalue weighted by atomic mass is 10.1. The average Bonchev–Trinajstić information content (AvgIpc) is 2.91. The van der Waals surface area contributed by atoms with E-state index in [4.69, 9.17) is 9.94 Å². The molecule has 2 amide bonds. The number of carbonyl (C=O) groups is 2. The number of nitrogens with zero attached hydrogens (tertiary/aromatic N) is 3. The molecule has 1 aromatic rings. The molecule has 35 heavy (non-hydrogen) atoms. The number of fused-ring (bicyclic) bond motifs is 1. The maximum Gasteiger partial charge on any atom is 0.253 e. The molecule has 10 heteroatoms. The van der Waals surface area contributed by atoms with Gasteiger partial charge in [0.15, 0.2) is 0 Å². The molecule has 192 valence electrons. The molecule has 2 aliphatic heterocycles. The standard InChI is InChI=1S/C25H37N5O5/c1-19(11-16-31)29(34)14-13-28-23-9-5-4-7-20(23)10-12-26-17-22(25(28)33)27-24(32)21-8-6-15-30(2,18-21)35-3/h4-9,15,19,22,26,31H,10-14,16-18H2,1-3H3,(H,27,32)/t19-,22+,30?/m1/s1. The van der Waals surface area contributed by atoms with E-state index in [2.05, 4.69) is 10.6 Å². The summed E-state index contributed by atoms with van der Waals surface area (Å²) in [6, 6.07) is 6.47. The predicted octanol–water partition coefficient (Wildman–Crippen LogP) is 0.683. The zero-order valence-electron chi connectivity index (χ0n) is 20.8. The summed E-state index contributed by atoms with van der Waals surface area (Å²) in [4.78, 5) is 34.0. The Morgan fingerprint density at radius 3 is 2.94 bits per heavy atom. The van der Waals surface area contributed by atoms with E-state index in [1.54, 1.807) is 31.1 Å². The first-order chi connectivity index (χ1) is 16.8. The van der Waals surface area contributed by atoms with E-state index < -0.39 is 6.04 Å². The van der Waals surface area contributed by atoms with Crippen molar-refractivity contribution >= 4 is 17.5 Å². The summed E-state index contributed by atoms with van der Waals surface area (Å²) in [6.07, 6.45) is 6.41. The Labute approximate surface area is 206 Å². The molecule has 0 saturated carbocycles. The lowest BCUT2D eigenvalue weighted by molar-refractivity contribution is -1.04. The van der Waals surface area contributed by atoms with E-state index in [0.29, 0.717) is 31.5 Å². The van der Waals surface area contributed by atoms with Gasteiger partial charge in [0.2, 0.25) is 0 Å². The van der Waals surface area contributed by atoms with Gasteiger partial charge in [-0.2, -0.15) is 4.65 Å². The number of aliphatic hydroxyl groups excluding tert-OH is 1. The number of benzene rings is 1. The van der Waals surface area contributed by atoms with Crippen molar-refractivity contribution < 1.29 is 24.2 Å². The molecule has 0 bridgehead atoms. The zero-order valence-corrected chi connectivity index (χ0v) is 20.8. The number of amides is 2. The fourth-order valence-corrected chi connectivity index (χ4v) is 4.25. The van der Waals surface area contributed by atoms with Gasteiger partial charge >= 0.3 is 0 Å². The van der Waals surface area contributed by atoms with Crippen LogP contribution in [0.5, 0.6) is 0 Å². The van der Waals surface area contributed by atoms with Crippen molar-refractivity contribution in [2.75, 3.05) is 58.4 Å². The van der Waals surface area contributed by atoms with E-state index in [9.17, 15) is 14.8 Å². The number of quaternary nitrogens is 1. The van der Waals surface area contributed by atoms with E-state index in [0.717, 1.165) is 16.3 Å². The summed E-state index contributed by atoms with van der Waals surface area (Å²) >= 11 is 0. The summed E-state index contributed by atoms with van der Waals surface area (Å²) in [6.45, 7) is 3.21. The number of carbonyl (C=O) groups excluding carboxylic acids is 2. The van der Waals surface area contributed by atoms with Gasteiger partial charge in [0.05, 0.1) is 12.7 Å². The molecule has 0 radical (unpaired) electrons. The minimum Gasteiger partial charge on any atom is -0.785 e. The second-order valence-electron chi connectivity index (χ2n) is 9.15. The van der Waals surface area contributed by atoms with Crippen LogP contribution in [0.4, 0.5) is 5.69 Å². The lowest BCUT2D eigenvalue weighted by Gasteiger charge is -2.37. The summed E-state index contributed by atoms with van der Waals surface area (Å²) in [7, 11) is 3.42. The van der Waals surface area contributed by atoms with Gasteiger partial charge in [0.25, 0.3) is 11.8 Å². The molecule has 0 aromatic heterocycles. The topological polar surface area (TPSA) is 117 Å². The highest BCUT2D eigenvalue weighted by Gasteiger charge is 2.32. The van der Waals surface area contributed by atoms with Crippen molar-refractivity contribution in [1.29, 1.82) is 0 Å². The number of anilines is 1. The predicted molar refractivity (Wildman–Crippen MR) is 134 cm³/mol. The third-order valence-corrected chi connectivity index (χ3v) is 6.55. The van der Waals surface area contributed by atoms with E-state index in [1.165, 1.54) is 0 Å². The molecule has 2 aliphatic rings. The molecule has 3 rings (SSSR count). The normalized spacial score (nSPS) is 23.7. The molecule has 0 saturated heterocycles. The van der Waals surface area contributed by atoms with E-state index in [1.807, 2.05) is 37.5 Å². The van der Waals surface area contributed by atoms with Crippen LogP contribution in [-0.2, 0) is 20.8 Å². The average molecular weight is 488 g/mol. The monoisotopic (exact) mass is 487 g/mol. The maximum absolute atomic E-state index is 13.8. The van der Waals surface area contributed by atoms with Gasteiger partial charge in [0, 0.05) is 31.9 Å². The molecule has 10 nitrogen and oxygen atoms in total. The van der Waals surface area contributed by atoms with Crippen molar-refractivity contribution in [2.24, 2.45) is 0 Å². The van der Waals surface area contributed by atoms with Crippen LogP contribution in [0.25, 0.3) is 0 Å². The third-order valence-electron chi connectivity index (χ3n) is 6.55. The molecular weight excluding hydrogens is 450 g/mol. The first-order valence-electron chi connectivity index (χ1n) is 12.0. The van der Waals surface area contributed by atoms with E-state index in [-0.39, 0.29) is 48.7 Å². The number of rotatable bonds is 9. The number of allylic oxidation sites excluding steroid dienone is 2. The highest BCUT2D eigenvalue weighted by Crippen LogP contribution is 2.23. The Morgan fingerprint density at radius 1 is 1.43 bits per heavy atom. The van der Waals surface area contributed by atoms with Gasteiger partial charge in [-0.05, 0) is 49.2 Å². The maximum atomic E-state index is 13.8. The van der Waals surface area contributed by atoms with Gasteiger partial charge in [0.1, 0.15) is 25.8 Å². The molecule has 0 fully saturated rings. The van der Waals surface area contributed by atoms with Gasteiger partial charge < -0.3 is 30.9 Å². The Hall–Kier alpha value is -2.60. The van der Waals surface area contributed by atoms with Gasteiger partial charge in [-0.3, -0.25) is 9.59 Å². The molecule has 1 aromatic carbocycles. The van der Waals surface area contributed by atoms with Crippen molar-refractivity contribution in [1.82, 2.24) is 15.7 Å². The minimum atomic E-state index is -0.809. The fourth-order valence-electron chi connectivity index (χ4n) is 4.25. The zero-order chi connectivity index (χ0) is 25.4. The second kappa shape index (κ2) is 12.4. The summed E-state index contributed by atoms with van der Waals surface area (Å²) < 4.78 is 0.126. The van der Waals surface area contributed by atoms with Crippen LogP contribution in [0, 0.1) is 5.21 Å². The SMILES string of the molecule is CO[N+]1(C)C=CC=C(C(=O)N[C@H]2CNCCc3ccccc3N(CCN([O-])[C@H](C)CCO)C2=O)C1. The number of nitrogens with one attached hydrogen (secondary N) is 2. The quantitative estimate of drug-likeness (QED) is 0.346. The van der Waals surface area contributed by atoms with Crippen molar-refractivity contribution in [3.05, 3.63) is 59.0 Å². The Morgan fingerprint density at radius 2 is 2.20 bits per heavy atom. The largest absolute Gasteiger partial charge is 0.785 e. The molecular formula is C25H37N5O5. The van der Waals surface area contributed by atoms with Crippen LogP contribution >= 0.6 is 0 Å². The number of aliphatic hydroxyl groups is 1. The summed E-state index contributed by atoms with van der Waals surface area (Å²) in [5, 5.41) is 28.8. The smallest absolute Gasteiger partial charge is 0.253 e. The minimum absolute atomic E-state index is 0.0724. The third kappa shape index (κ3) is 6.97.